The normalized spacial score (nSPS) is 15.9. The van der Waals surface area contributed by atoms with E-state index in [0.29, 0.717) is 37.8 Å². The molecule has 0 bridgehead atoms. The lowest BCUT2D eigenvalue weighted by molar-refractivity contribution is 0.103. The van der Waals surface area contributed by atoms with Gasteiger partial charge in [0.25, 0.3) is 5.91 Å². The number of rotatable bonds is 5. The predicted molar refractivity (Wildman–Crippen MR) is 127 cm³/mol. The number of halogens is 1. The maximum Gasteiger partial charge on any atom is 0.267 e. The van der Waals surface area contributed by atoms with Crippen LogP contribution in [0, 0.1) is 13.8 Å². The second-order valence-corrected chi connectivity index (χ2v) is 8.89. The van der Waals surface area contributed by atoms with E-state index in [4.69, 9.17) is 25.2 Å². The molecule has 0 spiro atoms. The monoisotopic (exact) mass is 453 g/mol. The van der Waals surface area contributed by atoms with Gasteiger partial charge in [-0.1, -0.05) is 34.5 Å². The van der Waals surface area contributed by atoms with Gasteiger partial charge in [-0.25, -0.2) is 15.0 Å². The Balaban J connectivity index is 1.48. The average molecular weight is 454 g/mol. The molecule has 31 heavy (non-hydrogen) atoms. The third kappa shape index (κ3) is 4.98. The van der Waals surface area contributed by atoms with Crippen molar-refractivity contribution in [3.05, 3.63) is 45.7 Å². The summed E-state index contributed by atoms with van der Waals surface area (Å²) in [5.74, 6) is 1.78. The lowest BCUT2D eigenvalue weighted by Crippen LogP contribution is -2.27. The van der Waals surface area contributed by atoms with Crippen LogP contribution in [0.5, 0.6) is 0 Å². The molecule has 3 aromatic rings. The van der Waals surface area contributed by atoms with Gasteiger partial charge in [0.15, 0.2) is 5.13 Å². The van der Waals surface area contributed by atoms with Crippen LogP contribution in [0.25, 0.3) is 0 Å². The summed E-state index contributed by atoms with van der Waals surface area (Å²) >= 11 is 7.44. The summed E-state index contributed by atoms with van der Waals surface area (Å²) in [5, 5.41) is 6.93. The van der Waals surface area contributed by atoms with Gasteiger partial charge in [0.1, 0.15) is 30.2 Å². The number of carbonyl (C=O) groups excluding carboxylic acids is 1. The highest BCUT2D eigenvalue weighted by molar-refractivity contribution is 7.17. The van der Waals surface area contributed by atoms with Gasteiger partial charge >= 0.3 is 0 Å². The zero-order chi connectivity index (χ0) is 22.1. The van der Waals surface area contributed by atoms with E-state index < -0.39 is 0 Å². The Morgan fingerprint density at radius 1 is 1.32 bits per heavy atom. The number of amides is 1. The number of nitrogens with zero attached hydrogens (tertiary/aromatic N) is 4. The van der Waals surface area contributed by atoms with Gasteiger partial charge in [-0.05, 0) is 31.9 Å². The number of hydrogen-bond donors (Lipinski definition) is 3. The maximum absolute atomic E-state index is 12.7. The van der Waals surface area contributed by atoms with Crippen molar-refractivity contribution in [3.63, 3.8) is 0 Å². The molecule has 1 amide bonds. The van der Waals surface area contributed by atoms with Gasteiger partial charge in [-0.3, -0.25) is 4.79 Å². The molecule has 1 aromatic carbocycles. The first-order valence-corrected chi connectivity index (χ1v) is 10.9. The SMILES string of the molecule is [B]c1cc(C)c(NC(=O)c2cnc(Nc3cc(N4CC[C@@H](N)C4)nc(C)n3)s2)c(Cl)c1. The molecule has 1 atom stereocenters. The summed E-state index contributed by atoms with van der Waals surface area (Å²) in [6.07, 6.45) is 2.45. The van der Waals surface area contributed by atoms with Crippen LogP contribution in [-0.2, 0) is 0 Å². The van der Waals surface area contributed by atoms with E-state index in [1.807, 2.05) is 19.9 Å². The molecule has 11 heteroatoms. The highest BCUT2D eigenvalue weighted by Gasteiger charge is 2.21. The molecule has 2 radical (unpaired) electrons. The Morgan fingerprint density at radius 3 is 2.84 bits per heavy atom. The first-order valence-electron chi connectivity index (χ1n) is 9.74. The minimum atomic E-state index is -0.300. The lowest BCUT2D eigenvalue weighted by atomic mass is 9.94. The van der Waals surface area contributed by atoms with Crippen LogP contribution in [0.3, 0.4) is 0 Å². The van der Waals surface area contributed by atoms with E-state index in [2.05, 4.69) is 30.5 Å². The highest BCUT2D eigenvalue weighted by Crippen LogP contribution is 2.28. The molecule has 1 fully saturated rings. The number of aryl methyl sites for hydroxylation is 2. The Hall–Kier alpha value is -2.69. The standard InChI is InChI=1S/C20H21BClN7OS/c1-10-5-12(21)6-14(22)18(10)28-19(30)15-8-24-20(31-15)27-16-7-17(26-11(2)25-16)29-4-3-13(23)9-29/h5-8,13H,3-4,9,23H2,1-2H3,(H,28,30)(H,24,25,26,27)/t13-/m1/s1. The summed E-state index contributed by atoms with van der Waals surface area (Å²) < 4.78 is 0. The van der Waals surface area contributed by atoms with Crippen molar-refractivity contribution < 1.29 is 4.79 Å². The van der Waals surface area contributed by atoms with E-state index >= 15 is 0 Å². The number of carbonyl (C=O) groups is 1. The van der Waals surface area contributed by atoms with E-state index in [9.17, 15) is 4.79 Å². The number of nitrogens with one attached hydrogen (secondary N) is 2. The van der Waals surface area contributed by atoms with Crippen LogP contribution in [0.15, 0.2) is 24.4 Å². The van der Waals surface area contributed by atoms with Crippen molar-refractivity contribution in [2.24, 2.45) is 5.73 Å². The summed E-state index contributed by atoms with van der Waals surface area (Å²) in [5.41, 5.74) is 7.87. The van der Waals surface area contributed by atoms with Gasteiger partial charge in [0.05, 0.1) is 16.9 Å². The second-order valence-electron chi connectivity index (χ2n) is 7.46. The zero-order valence-electron chi connectivity index (χ0n) is 17.1. The van der Waals surface area contributed by atoms with Crippen LogP contribution in [0.1, 0.15) is 27.5 Å². The largest absolute Gasteiger partial charge is 0.355 e. The Morgan fingerprint density at radius 2 is 2.13 bits per heavy atom. The van der Waals surface area contributed by atoms with Gasteiger partial charge < -0.3 is 21.3 Å². The van der Waals surface area contributed by atoms with E-state index in [1.165, 1.54) is 17.5 Å². The number of nitrogens with two attached hydrogens (primary N) is 1. The molecule has 0 saturated carbocycles. The fourth-order valence-electron chi connectivity index (χ4n) is 3.42. The average Bonchev–Trinajstić information content (AvgIpc) is 3.33. The maximum atomic E-state index is 12.7. The Labute approximate surface area is 190 Å². The fraction of sp³-hybridized carbons (Fsp3) is 0.300. The number of aromatic nitrogens is 3. The minimum absolute atomic E-state index is 0.157. The van der Waals surface area contributed by atoms with Crippen LogP contribution in [0.4, 0.5) is 22.5 Å². The van der Waals surface area contributed by atoms with Crippen molar-refractivity contribution in [3.8, 4) is 0 Å². The first-order chi connectivity index (χ1) is 14.8. The molecular weight excluding hydrogens is 433 g/mol. The second kappa shape index (κ2) is 8.82. The van der Waals surface area contributed by atoms with Crippen LogP contribution in [0.2, 0.25) is 5.02 Å². The summed E-state index contributed by atoms with van der Waals surface area (Å²) in [6.45, 7) is 5.31. The first kappa shape index (κ1) is 21.5. The van der Waals surface area contributed by atoms with Crippen molar-refractivity contribution >= 4 is 64.6 Å². The van der Waals surface area contributed by atoms with Crippen molar-refractivity contribution in [1.29, 1.82) is 0 Å². The third-order valence-electron chi connectivity index (χ3n) is 4.89. The Kier molecular flexibility index (Phi) is 6.13. The van der Waals surface area contributed by atoms with Crippen molar-refractivity contribution in [2.45, 2.75) is 26.3 Å². The van der Waals surface area contributed by atoms with E-state index in [1.54, 1.807) is 12.1 Å². The van der Waals surface area contributed by atoms with Crippen LogP contribution < -0.4 is 26.7 Å². The fourth-order valence-corrected chi connectivity index (χ4v) is 4.46. The topological polar surface area (TPSA) is 109 Å². The molecule has 1 aliphatic rings. The van der Waals surface area contributed by atoms with E-state index in [0.717, 1.165) is 30.9 Å². The molecule has 0 aliphatic carbocycles. The number of anilines is 4. The molecule has 4 N–H and O–H groups in total. The van der Waals surface area contributed by atoms with Gasteiger partial charge in [-0.2, -0.15) is 0 Å². The third-order valence-corrected chi connectivity index (χ3v) is 6.10. The molecule has 4 rings (SSSR count). The van der Waals surface area contributed by atoms with Crippen LogP contribution in [-0.4, -0.2) is 47.8 Å². The van der Waals surface area contributed by atoms with Gasteiger partial charge in [-0.15, -0.1) is 0 Å². The predicted octanol–water partition coefficient (Wildman–Crippen LogP) is 2.53. The molecule has 3 heterocycles. The molecule has 2 aromatic heterocycles. The smallest absolute Gasteiger partial charge is 0.267 e. The molecule has 1 aliphatic heterocycles. The molecule has 0 unspecified atom stereocenters. The molecule has 1 saturated heterocycles. The van der Waals surface area contributed by atoms with Crippen LogP contribution >= 0.6 is 22.9 Å². The van der Waals surface area contributed by atoms with Crippen molar-refractivity contribution in [2.75, 3.05) is 28.6 Å². The van der Waals surface area contributed by atoms with E-state index in [-0.39, 0.29) is 11.9 Å². The summed E-state index contributed by atoms with van der Waals surface area (Å²) in [4.78, 5) is 28.5. The summed E-state index contributed by atoms with van der Waals surface area (Å²) in [7, 11) is 5.78. The molecular formula is C20H21BClN7OS. The number of hydrogen-bond acceptors (Lipinski definition) is 8. The highest BCUT2D eigenvalue weighted by atomic mass is 35.5. The number of benzene rings is 1. The quantitative estimate of drug-likeness (QED) is 0.509. The lowest BCUT2D eigenvalue weighted by Gasteiger charge is -2.18. The van der Waals surface area contributed by atoms with Crippen molar-refractivity contribution in [1.82, 2.24) is 15.0 Å². The summed E-state index contributed by atoms with van der Waals surface area (Å²) in [6, 6.07) is 5.38. The Bertz CT molecular complexity index is 1120. The van der Waals surface area contributed by atoms with Gasteiger partial charge in [0, 0.05) is 25.2 Å². The number of thiazole rings is 1. The zero-order valence-corrected chi connectivity index (χ0v) is 18.7. The molecule has 8 nitrogen and oxygen atoms in total. The minimum Gasteiger partial charge on any atom is -0.355 e. The van der Waals surface area contributed by atoms with Gasteiger partial charge in [0.2, 0.25) is 0 Å². The molecule has 158 valence electrons.